The lowest BCUT2D eigenvalue weighted by molar-refractivity contribution is -0.112. The summed E-state index contributed by atoms with van der Waals surface area (Å²) in [6.45, 7) is 2.17. The summed E-state index contributed by atoms with van der Waals surface area (Å²) in [6.07, 6.45) is 4.09. The number of halogens is 1. The first-order chi connectivity index (χ1) is 13.4. The fourth-order valence-corrected chi connectivity index (χ4v) is 4.70. The Kier molecular flexibility index (Phi) is 6.26. The molecule has 1 unspecified atom stereocenters. The fourth-order valence-electron chi connectivity index (χ4n) is 3.19. The van der Waals surface area contributed by atoms with Crippen LogP contribution in [0, 0.1) is 32.4 Å². The molecule has 1 atom stereocenters. The molecule has 0 aliphatic heterocycles. The van der Waals surface area contributed by atoms with E-state index in [0.717, 1.165) is 30.4 Å². The highest BCUT2D eigenvalue weighted by atomic mass is 35.5. The fraction of sp³-hybridized carbons (Fsp3) is 0.238. The molecule has 1 aliphatic rings. The van der Waals surface area contributed by atoms with E-state index in [1.165, 1.54) is 17.4 Å². The Morgan fingerprint density at radius 1 is 1.32 bits per heavy atom. The quantitative estimate of drug-likeness (QED) is 0.390. The van der Waals surface area contributed by atoms with Crippen LogP contribution in [0.4, 0.5) is 5.00 Å². The molecule has 140 valence electrons. The maximum atomic E-state index is 12.6. The molecule has 1 amide bonds. The minimum atomic E-state index is -0.566. The second-order valence-electron chi connectivity index (χ2n) is 6.69. The van der Waals surface area contributed by atoms with Gasteiger partial charge in [0, 0.05) is 5.02 Å². The Labute approximate surface area is 177 Å². The molecule has 0 bridgehead atoms. The molecule has 1 aliphatic carbocycles. The average Bonchev–Trinajstić information content (AvgIpc) is 2.68. The van der Waals surface area contributed by atoms with Crippen molar-refractivity contribution < 1.29 is 4.79 Å². The van der Waals surface area contributed by atoms with Gasteiger partial charge >= 0.3 is 0 Å². The van der Waals surface area contributed by atoms with Crippen LogP contribution < -0.4 is 5.32 Å². The number of rotatable bonds is 3. The predicted molar refractivity (Wildman–Crippen MR) is 115 cm³/mol. The van der Waals surface area contributed by atoms with Gasteiger partial charge < -0.3 is 5.32 Å². The first kappa shape index (κ1) is 20.2. The lowest BCUT2D eigenvalue weighted by atomic mass is 9.85. The van der Waals surface area contributed by atoms with Gasteiger partial charge in [-0.25, -0.2) is 0 Å². The van der Waals surface area contributed by atoms with Gasteiger partial charge in [-0.1, -0.05) is 42.9 Å². The molecular formula is C21H16ClN3OS2. The molecule has 1 aromatic carbocycles. The van der Waals surface area contributed by atoms with E-state index in [2.05, 4.69) is 18.3 Å². The Balaban J connectivity index is 1.95. The van der Waals surface area contributed by atoms with Crippen LogP contribution in [0.2, 0.25) is 5.02 Å². The molecule has 0 saturated carbocycles. The van der Waals surface area contributed by atoms with Crippen LogP contribution in [-0.4, -0.2) is 5.91 Å². The summed E-state index contributed by atoms with van der Waals surface area (Å²) in [5.74, 6) is -0.0374. The molecule has 0 radical (unpaired) electrons. The Morgan fingerprint density at radius 2 is 2.04 bits per heavy atom. The zero-order valence-corrected chi connectivity index (χ0v) is 17.5. The molecule has 4 nitrogen and oxygen atoms in total. The molecule has 0 spiro atoms. The predicted octanol–water partition coefficient (Wildman–Crippen LogP) is 5.67. The van der Waals surface area contributed by atoms with E-state index in [0.29, 0.717) is 30.9 Å². The summed E-state index contributed by atoms with van der Waals surface area (Å²) in [5, 5.41) is 22.8. The number of nitrogens with zero attached hydrogens (tertiary/aromatic N) is 2. The van der Waals surface area contributed by atoms with E-state index in [4.69, 9.17) is 23.8 Å². The van der Waals surface area contributed by atoms with Gasteiger partial charge in [-0.15, -0.1) is 11.3 Å². The van der Waals surface area contributed by atoms with Crippen LogP contribution in [0.3, 0.4) is 0 Å². The van der Waals surface area contributed by atoms with Crippen molar-refractivity contribution in [1.82, 2.24) is 0 Å². The SMILES string of the molecule is CC1CCc2c(C#N)c(NC(=O)/C(C#N)=C/c3ccc(Cl)cc3)sc(=S)c2C1. The molecule has 0 saturated heterocycles. The van der Waals surface area contributed by atoms with Gasteiger partial charge in [0.25, 0.3) is 5.91 Å². The number of amides is 1. The Hall–Kier alpha value is -2.51. The van der Waals surface area contributed by atoms with Crippen molar-refractivity contribution in [2.45, 2.75) is 26.2 Å². The highest BCUT2D eigenvalue weighted by Gasteiger charge is 2.23. The van der Waals surface area contributed by atoms with Crippen molar-refractivity contribution in [1.29, 1.82) is 10.5 Å². The third-order valence-electron chi connectivity index (χ3n) is 4.66. The third kappa shape index (κ3) is 4.31. The molecule has 28 heavy (non-hydrogen) atoms. The summed E-state index contributed by atoms with van der Waals surface area (Å²) in [6, 6.07) is 10.9. The molecule has 1 heterocycles. The van der Waals surface area contributed by atoms with Crippen molar-refractivity contribution in [2.75, 3.05) is 5.32 Å². The third-order valence-corrected chi connectivity index (χ3v) is 6.35. The van der Waals surface area contributed by atoms with E-state index < -0.39 is 5.91 Å². The number of nitrogens with one attached hydrogen (secondary N) is 1. The minimum Gasteiger partial charge on any atom is -0.312 e. The monoisotopic (exact) mass is 425 g/mol. The van der Waals surface area contributed by atoms with Crippen LogP contribution in [0.15, 0.2) is 29.8 Å². The van der Waals surface area contributed by atoms with Crippen LogP contribution >= 0.6 is 35.2 Å². The number of nitriles is 2. The van der Waals surface area contributed by atoms with Crippen molar-refractivity contribution in [3.63, 3.8) is 0 Å². The maximum absolute atomic E-state index is 12.6. The van der Waals surface area contributed by atoms with Gasteiger partial charge in [-0.2, -0.15) is 10.5 Å². The Bertz CT molecular complexity index is 1100. The minimum absolute atomic E-state index is 0.0596. The number of anilines is 1. The highest BCUT2D eigenvalue weighted by Crippen LogP contribution is 2.36. The number of hydrogen-bond acceptors (Lipinski definition) is 5. The first-order valence-corrected chi connectivity index (χ1v) is 10.3. The van der Waals surface area contributed by atoms with Crippen LogP contribution in [0.25, 0.3) is 6.08 Å². The van der Waals surface area contributed by atoms with E-state index in [1.54, 1.807) is 24.3 Å². The van der Waals surface area contributed by atoms with Crippen molar-refractivity contribution in [2.24, 2.45) is 5.92 Å². The lowest BCUT2D eigenvalue weighted by Gasteiger charge is -2.23. The number of carbonyl (C=O) groups is 1. The van der Waals surface area contributed by atoms with E-state index in [-0.39, 0.29) is 5.57 Å². The first-order valence-electron chi connectivity index (χ1n) is 8.70. The normalized spacial score (nSPS) is 15.9. The molecular weight excluding hydrogens is 410 g/mol. The molecule has 7 heteroatoms. The zero-order chi connectivity index (χ0) is 20.3. The number of carbonyl (C=O) groups excluding carboxylic acids is 1. The number of benzene rings is 1. The van der Waals surface area contributed by atoms with Crippen molar-refractivity contribution in [3.05, 3.63) is 60.9 Å². The van der Waals surface area contributed by atoms with Crippen molar-refractivity contribution in [3.8, 4) is 12.1 Å². The standard InChI is InChI=1S/C21H16ClN3OS2/c1-12-2-7-16-17(8-12)21(27)28-20(18(16)11-24)25-19(26)14(10-23)9-13-3-5-15(22)6-4-13/h3-6,9,12H,2,7-8H2,1H3,(H,25,26)/b14-9+. The van der Waals surface area contributed by atoms with E-state index >= 15 is 0 Å². The Morgan fingerprint density at radius 3 is 2.68 bits per heavy atom. The van der Waals surface area contributed by atoms with Crippen LogP contribution in [0.1, 0.15) is 35.6 Å². The highest BCUT2D eigenvalue weighted by molar-refractivity contribution is 7.73. The van der Waals surface area contributed by atoms with E-state index in [1.807, 2.05) is 6.07 Å². The van der Waals surface area contributed by atoms with Crippen molar-refractivity contribution >= 4 is 52.1 Å². The second-order valence-corrected chi connectivity index (χ2v) is 8.81. The van der Waals surface area contributed by atoms with Crippen LogP contribution in [0.5, 0.6) is 0 Å². The molecule has 1 N–H and O–H groups in total. The van der Waals surface area contributed by atoms with Gasteiger partial charge in [-0.3, -0.25) is 4.79 Å². The molecule has 1 aromatic heterocycles. The lowest BCUT2D eigenvalue weighted by Crippen LogP contribution is -2.17. The summed E-state index contributed by atoms with van der Waals surface area (Å²) < 4.78 is 0.691. The number of fused-ring (bicyclic) bond motifs is 1. The van der Waals surface area contributed by atoms with Gasteiger partial charge in [0.1, 0.15) is 22.7 Å². The van der Waals surface area contributed by atoms with E-state index in [9.17, 15) is 15.3 Å². The summed E-state index contributed by atoms with van der Waals surface area (Å²) in [4.78, 5) is 12.6. The summed E-state index contributed by atoms with van der Waals surface area (Å²) in [5.41, 5.74) is 3.06. The second kappa shape index (κ2) is 8.67. The molecule has 2 aromatic rings. The summed E-state index contributed by atoms with van der Waals surface area (Å²) in [7, 11) is 0. The topological polar surface area (TPSA) is 76.7 Å². The van der Waals surface area contributed by atoms with Crippen LogP contribution in [-0.2, 0) is 17.6 Å². The molecule has 0 fully saturated rings. The zero-order valence-electron chi connectivity index (χ0n) is 15.1. The van der Waals surface area contributed by atoms with Gasteiger partial charge in [-0.05, 0) is 60.1 Å². The number of hydrogen-bond donors (Lipinski definition) is 1. The molecule has 3 rings (SSSR count). The smallest absolute Gasteiger partial charge is 0.266 e. The summed E-state index contributed by atoms with van der Waals surface area (Å²) >= 11 is 12.6. The van der Waals surface area contributed by atoms with Gasteiger partial charge in [0.05, 0.1) is 9.39 Å². The average molecular weight is 426 g/mol. The largest absolute Gasteiger partial charge is 0.312 e. The maximum Gasteiger partial charge on any atom is 0.266 e. The van der Waals surface area contributed by atoms with Gasteiger partial charge in [0.2, 0.25) is 0 Å². The van der Waals surface area contributed by atoms with Gasteiger partial charge in [0.15, 0.2) is 0 Å².